The highest BCUT2D eigenvalue weighted by atomic mass is 35.5. The largest absolute Gasteiger partial charge is 0.497 e. The average Bonchev–Trinajstić information content (AvgIpc) is 2.72. The molecule has 8 heteroatoms. The first-order valence-electron chi connectivity index (χ1n) is 9.31. The van der Waals surface area contributed by atoms with Gasteiger partial charge in [-0.1, -0.05) is 11.6 Å². The quantitative estimate of drug-likeness (QED) is 0.681. The fraction of sp³-hybridized carbons (Fsp3) is 0.381. The number of benzene rings is 2. The molecule has 7 nitrogen and oxygen atoms in total. The van der Waals surface area contributed by atoms with Gasteiger partial charge >= 0.3 is 0 Å². The van der Waals surface area contributed by atoms with E-state index in [9.17, 15) is 9.90 Å². The number of piperazine rings is 1. The number of carbonyl (C=O) groups is 1. The minimum Gasteiger partial charge on any atom is -0.497 e. The Morgan fingerprint density at radius 3 is 2.59 bits per heavy atom. The highest BCUT2D eigenvalue weighted by Crippen LogP contribution is 2.35. The van der Waals surface area contributed by atoms with Gasteiger partial charge in [-0.25, -0.2) is 0 Å². The summed E-state index contributed by atoms with van der Waals surface area (Å²) in [5.74, 6) is 1.82. The lowest BCUT2D eigenvalue weighted by Crippen LogP contribution is -2.50. The number of halogens is 1. The Kier molecular flexibility index (Phi) is 7.19. The number of rotatable bonds is 8. The highest BCUT2D eigenvalue weighted by Gasteiger charge is 2.19. The molecule has 0 radical (unpaired) electrons. The van der Waals surface area contributed by atoms with Crippen LogP contribution in [0, 0.1) is 0 Å². The number of hydrogen-bond donors (Lipinski definition) is 2. The number of hydrogen-bond acceptors (Lipinski definition) is 6. The number of aliphatic hydroxyl groups excluding tert-OH is 1. The standard InChI is InChI=1S/C21H25ClN2O5/c1-27-16-3-4-19(20(22)10-16)14-7-17(28-2)9-18(8-14)29-13-15(25)11-24-6-5-23-21(26)12-24/h3-4,7-10,15,25H,5-6,11-13H2,1-2H3,(H,23,26). The number of aliphatic hydroxyl groups is 1. The van der Waals surface area contributed by atoms with Gasteiger partial charge in [-0.05, 0) is 35.9 Å². The second-order valence-corrected chi connectivity index (χ2v) is 7.20. The molecule has 1 amide bonds. The third-order valence-electron chi connectivity index (χ3n) is 4.63. The van der Waals surface area contributed by atoms with Crippen molar-refractivity contribution in [2.75, 3.05) is 47.0 Å². The molecular weight excluding hydrogens is 396 g/mol. The predicted molar refractivity (Wildman–Crippen MR) is 111 cm³/mol. The van der Waals surface area contributed by atoms with E-state index < -0.39 is 6.10 Å². The minimum atomic E-state index is -0.722. The number of amides is 1. The highest BCUT2D eigenvalue weighted by molar-refractivity contribution is 6.33. The molecule has 1 saturated heterocycles. The van der Waals surface area contributed by atoms with Crippen molar-refractivity contribution in [2.24, 2.45) is 0 Å². The third-order valence-corrected chi connectivity index (χ3v) is 4.94. The van der Waals surface area contributed by atoms with Gasteiger partial charge in [-0.2, -0.15) is 0 Å². The summed E-state index contributed by atoms with van der Waals surface area (Å²) < 4.78 is 16.4. The monoisotopic (exact) mass is 420 g/mol. The maximum atomic E-state index is 11.4. The SMILES string of the molecule is COc1cc(OCC(O)CN2CCNC(=O)C2)cc(-c2ccc(OC)cc2Cl)c1. The molecule has 156 valence electrons. The Bertz CT molecular complexity index is 861. The lowest BCUT2D eigenvalue weighted by atomic mass is 10.0. The van der Waals surface area contributed by atoms with Crippen LogP contribution >= 0.6 is 11.6 Å². The summed E-state index contributed by atoms with van der Waals surface area (Å²) in [6.45, 7) is 2.06. The molecule has 3 rings (SSSR count). The molecule has 0 saturated carbocycles. The van der Waals surface area contributed by atoms with Crippen LogP contribution in [0.15, 0.2) is 36.4 Å². The van der Waals surface area contributed by atoms with Crippen LogP contribution in [0.3, 0.4) is 0 Å². The molecule has 2 aromatic carbocycles. The number of nitrogens with zero attached hydrogens (tertiary/aromatic N) is 1. The molecule has 1 fully saturated rings. The van der Waals surface area contributed by atoms with Crippen molar-refractivity contribution in [2.45, 2.75) is 6.10 Å². The Labute approximate surface area is 175 Å². The van der Waals surface area contributed by atoms with Crippen LogP contribution in [0.25, 0.3) is 11.1 Å². The zero-order valence-electron chi connectivity index (χ0n) is 16.5. The fourth-order valence-corrected chi connectivity index (χ4v) is 3.46. The van der Waals surface area contributed by atoms with Crippen molar-refractivity contribution in [1.82, 2.24) is 10.2 Å². The van der Waals surface area contributed by atoms with E-state index in [2.05, 4.69) is 5.32 Å². The van der Waals surface area contributed by atoms with Gasteiger partial charge in [0.2, 0.25) is 5.91 Å². The van der Waals surface area contributed by atoms with Gasteiger partial charge in [0.1, 0.15) is 30.0 Å². The number of methoxy groups -OCH3 is 2. The predicted octanol–water partition coefficient (Wildman–Crippen LogP) is 2.20. The first-order chi connectivity index (χ1) is 14.0. The van der Waals surface area contributed by atoms with Gasteiger partial charge in [0.25, 0.3) is 0 Å². The molecule has 0 bridgehead atoms. The number of ether oxygens (including phenoxy) is 3. The minimum absolute atomic E-state index is 0.0295. The zero-order chi connectivity index (χ0) is 20.8. The van der Waals surface area contributed by atoms with E-state index in [1.807, 2.05) is 29.2 Å². The lowest BCUT2D eigenvalue weighted by molar-refractivity contribution is -0.124. The van der Waals surface area contributed by atoms with Crippen molar-refractivity contribution in [3.05, 3.63) is 41.4 Å². The van der Waals surface area contributed by atoms with Crippen LogP contribution in [0.4, 0.5) is 0 Å². The molecule has 29 heavy (non-hydrogen) atoms. The Morgan fingerprint density at radius 2 is 1.90 bits per heavy atom. The van der Waals surface area contributed by atoms with Gasteiger partial charge in [0, 0.05) is 31.3 Å². The Hall–Kier alpha value is -2.48. The summed E-state index contributed by atoms with van der Waals surface area (Å²) in [7, 11) is 3.17. The van der Waals surface area contributed by atoms with Gasteiger partial charge in [-0.15, -0.1) is 0 Å². The number of β-amino-alcohol motifs (C(OH)–C–C–N with tert-alkyl or cyclic N) is 1. The van der Waals surface area contributed by atoms with Crippen molar-refractivity contribution in [3.63, 3.8) is 0 Å². The molecule has 0 spiro atoms. The summed E-state index contributed by atoms with van der Waals surface area (Å²) in [5, 5.41) is 13.6. The van der Waals surface area contributed by atoms with Crippen LogP contribution in [-0.2, 0) is 4.79 Å². The van der Waals surface area contributed by atoms with Crippen LogP contribution in [0.5, 0.6) is 17.2 Å². The normalized spacial score (nSPS) is 15.5. The molecule has 1 atom stereocenters. The molecule has 1 heterocycles. The van der Waals surface area contributed by atoms with Crippen LogP contribution in [0.2, 0.25) is 5.02 Å². The maximum absolute atomic E-state index is 11.4. The number of carbonyl (C=O) groups excluding carboxylic acids is 1. The first kappa shape index (κ1) is 21.2. The molecule has 2 N–H and O–H groups in total. The van der Waals surface area contributed by atoms with E-state index >= 15 is 0 Å². The van der Waals surface area contributed by atoms with E-state index in [0.29, 0.717) is 41.9 Å². The van der Waals surface area contributed by atoms with E-state index in [-0.39, 0.29) is 19.1 Å². The van der Waals surface area contributed by atoms with Gasteiger partial charge in [-0.3, -0.25) is 9.69 Å². The van der Waals surface area contributed by atoms with Gasteiger partial charge in [0.05, 0.1) is 25.8 Å². The van der Waals surface area contributed by atoms with E-state index in [0.717, 1.165) is 11.1 Å². The molecule has 1 unspecified atom stereocenters. The van der Waals surface area contributed by atoms with Crippen LogP contribution < -0.4 is 19.5 Å². The van der Waals surface area contributed by atoms with E-state index in [1.165, 1.54) is 0 Å². The average molecular weight is 421 g/mol. The van der Waals surface area contributed by atoms with Crippen molar-refractivity contribution in [3.8, 4) is 28.4 Å². The summed E-state index contributed by atoms with van der Waals surface area (Å²) in [6, 6.07) is 10.9. The lowest BCUT2D eigenvalue weighted by Gasteiger charge is -2.28. The molecular formula is C21H25ClN2O5. The molecule has 2 aromatic rings. The fourth-order valence-electron chi connectivity index (χ4n) is 3.18. The number of nitrogens with one attached hydrogen (secondary N) is 1. The summed E-state index contributed by atoms with van der Waals surface area (Å²) in [5.41, 5.74) is 1.64. The smallest absolute Gasteiger partial charge is 0.234 e. The van der Waals surface area contributed by atoms with Crippen LogP contribution in [-0.4, -0.2) is 69.0 Å². The second-order valence-electron chi connectivity index (χ2n) is 6.79. The molecule has 1 aliphatic heterocycles. The topological polar surface area (TPSA) is 80.3 Å². The van der Waals surface area contributed by atoms with Crippen molar-refractivity contribution >= 4 is 17.5 Å². The van der Waals surface area contributed by atoms with E-state index in [4.69, 9.17) is 25.8 Å². The first-order valence-corrected chi connectivity index (χ1v) is 9.69. The van der Waals surface area contributed by atoms with Crippen molar-refractivity contribution in [1.29, 1.82) is 0 Å². The summed E-state index contributed by atoms with van der Waals surface area (Å²) in [6.07, 6.45) is -0.722. The van der Waals surface area contributed by atoms with E-state index in [1.54, 1.807) is 26.4 Å². The summed E-state index contributed by atoms with van der Waals surface area (Å²) >= 11 is 6.40. The van der Waals surface area contributed by atoms with Crippen molar-refractivity contribution < 1.29 is 24.1 Å². The maximum Gasteiger partial charge on any atom is 0.234 e. The molecule has 0 aromatic heterocycles. The van der Waals surface area contributed by atoms with Crippen LogP contribution in [0.1, 0.15) is 0 Å². The molecule has 0 aliphatic carbocycles. The molecule has 1 aliphatic rings. The second kappa shape index (κ2) is 9.82. The third kappa shape index (κ3) is 5.76. The Balaban J connectivity index is 1.69. The van der Waals surface area contributed by atoms with Gasteiger partial charge < -0.3 is 24.6 Å². The zero-order valence-corrected chi connectivity index (χ0v) is 17.2. The summed E-state index contributed by atoms with van der Waals surface area (Å²) in [4.78, 5) is 13.4. The van der Waals surface area contributed by atoms with Gasteiger partial charge in [0.15, 0.2) is 0 Å². The Morgan fingerprint density at radius 1 is 1.14 bits per heavy atom.